The second-order valence-electron chi connectivity index (χ2n) is 6.16. The summed E-state index contributed by atoms with van der Waals surface area (Å²) in [6.07, 6.45) is 3.35. The number of carbonyl (C=O) groups is 1. The zero-order valence-electron chi connectivity index (χ0n) is 13.9. The number of benzene rings is 1. The highest BCUT2D eigenvalue weighted by molar-refractivity contribution is 7.99. The maximum absolute atomic E-state index is 12.4. The highest BCUT2D eigenvalue weighted by atomic mass is 32.2. The predicted molar refractivity (Wildman–Crippen MR) is 91.6 cm³/mol. The Morgan fingerprint density at radius 2 is 2.16 bits per heavy atom. The third-order valence-corrected chi connectivity index (χ3v) is 5.27. The number of fused-ring (bicyclic) bond motifs is 1. The third-order valence-electron chi connectivity index (χ3n) is 4.47. The van der Waals surface area contributed by atoms with Crippen molar-refractivity contribution in [3.63, 3.8) is 0 Å². The molecule has 4 rings (SSSR count). The van der Waals surface area contributed by atoms with E-state index >= 15 is 0 Å². The molecule has 2 aliphatic rings. The molecule has 8 heteroatoms. The molecule has 0 bridgehead atoms. The van der Waals surface area contributed by atoms with Crippen molar-refractivity contribution in [2.75, 3.05) is 19.1 Å². The van der Waals surface area contributed by atoms with Crippen molar-refractivity contribution in [1.29, 1.82) is 0 Å². The van der Waals surface area contributed by atoms with Gasteiger partial charge in [-0.15, -0.1) is 10.2 Å². The van der Waals surface area contributed by atoms with E-state index in [1.54, 1.807) is 0 Å². The predicted octanol–water partition coefficient (Wildman–Crippen LogP) is 2.96. The summed E-state index contributed by atoms with van der Waals surface area (Å²) in [5.41, 5.74) is 0.763. The standard InChI is InChI=1S/C17H19N3O4S/c1-11-4-2-3-7-20(11)15(21)9-25-17-19-18-16(24-17)12-5-6-13-14(8-12)23-10-22-13/h5-6,8,11H,2-4,7,9-10H2,1H3/t11-/m0/s1. The summed E-state index contributed by atoms with van der Waals surface area (Å²) in [6.45, 7) is 3.17. The molecule has 1 amide bonds. The first kappa shape index (κ1) is 16.3. The van der Waals surface area contributed by atoms with Gasteiger partial charge in [0.25, 0.3) is 5.22 Å². The van der Waals surface area contributed by atoms with Crippen molar-refractivity contribution in [1.82, 2.24) is 15.1 Å². The van der Waals surface area contributed by atoms with Crippen LogP contribution < -0.4 is 9.47 Å². The van der Waals surface area contributed by atoms with Gasteiger partial charge in [0, 0.05) is 18.2 Å². The Bertz CT molecular complexity index is 779. The van der Waals surface area contributed by atoms with Gasteiger partial charge >= 0.3 is 0 Å². The number of aromatic nitrogens is 2. The molecule has 3 heterocycles. The Morgan fingerprint density at radius 1 is 1.28 bits per heavy atom. The molecule has 1 saturated heterocycles. The van der Waals surface area contributed by atoms with Crippen molar-refractivity contribution >= 4 is 17.7 Å². The summed E-state index contributed by atoms with van der Waals surface area (Å²) >= 11 is 1.28. The largest absolute Gasteiger partial charge is 0.454 e. The maximum Gasteiger partial charge on any atom is 0.277 e. The first-order valence-electron chi connectivity index (χ1n) is 8.36. The summed E-state index contributed by atoms with van der Waals surface area (Å²) in [5, 5.41) is 8.48. The van der Waals surface area contributed by atoms with Crippen LogP contribution in [-0.2, 0) is 4.79 Å². The molecule has 2 aliphatic heterocycles. The summed E-state index contributed by atoms with van der Waals surface area (Å²) in [5.74, 6) is 2.21. The van der Waals surface area contributed by atoms with Crippen molar-refractivity contribution in [3.05, 3.63) is 18.2 Å². The van der Waals surface area contributed by atoms with Gasteiger partial charge < -0.3 is 18.8 Å². The molecule has 2 aromatic rings. The monoisotopic (exact) mass is 361 g/mol. The van der Waals surface area contributed by atoms with Crippen LogP contribution in [-0.4, -0.2) is 46.1 Å². The van der Waals surface area contributed by atoms with Gasteiger partial charge in [0.2, 0.25) is 18.6 Å². The number of thioether (sulfide) groups is 1. The number of amides is 1. The molecular weight excluding hydrogens is 342 g/mol. The van der Waals surface area contributed by atoms with Crippen molar-refractivity contribution in [3.8, 4) is 23.0 Å². The molecule has 7 nitrogen and oxygen atoms in total. The molecule has 0 radical (unpaired) electrons. The van der Waals surface area contributed by atoms with E-state index in [0.29, 0.717) is 34.4 Å². The summed E-state index contributed by atoms with van der Waals surface area (Å²) in [7, 11) is 0. The number of piperidine rings is 1. The lowest BCUT2D eigenvalue weighted by Gasteiger charge is -2.33. The van der Waals surface area contributed by atoms with E-state index in [2.05, 4.69) is 17.1 Å². The zero-order chi connectivity index (χ0) is 17.2. The Labute approximate surface area is 149 Å². The first-order chi connectivity index (χ1) is 12.2. The number of nitrogens with zero attached hydrogens (tertiary/aromatic N) is 3. The fraction of sp³-hybridized carbons (Fsp3) is 0.471. The smallest absolute Gasteiger partial charge is 0.277 e. The summed E-state index contributed by atoms with van der Waals surface area (Å²) in [6, 6.07) is 5.78. The number of ether oxygens (including phenoxy) is 2. The lowest BCUT2D eigenvalue weighted by Crippen LogP contribution is -2.42. The van der Waals surface area contributed by atoms with Gasteiger partial charge in [-0.3, -0.25) is 4.79 Å². The Morgan fingerprint density at radius 3 is 3.04 bits per heavy atom. The van der Waals surface area contributed by atoms with Crippen LogP contribution in [0.15, 0.2) is 27.8 Å². The Balaban J connectivity index is 1.39. The van der Waals surface area contributed by atoms with Crippen LogP contribution in [0.2, 0.25) is 0 Å². The number of rotatable bonds is 4. The minimum absolute atomic E-state index is 0.125. The Kier molecular flexibility index (Phi) is 4.52. The number of hydrogen-bond acceptors (Lipinski definition) is 7. The van der Waals surface area contributed by atoms with E-state index in [9.17, 15) is 4.79 Å². The lowest BCUT2D eigenvalue weighted by molar-refractivity contribution is -0.131. The van der Waals surface area contributed by atoms with E-state index in [1.807, 2.05) is 23.1 Å². The maximum atomic E-state index is 12.4. The average Bonchev–Trinajstić information content (AvgIpc) is 3.28. The van der Waals surface area contributed by atoms with E-state index in [1.165, 1.54) is 18.2 Å². The van der Waals surface area contributed by atoms with E-state index in [0.717, 1.165) is 24.9 Å². The first-order valence-corrected chi connectivity index (χ1v) is 9.35. The molecule has 25 heavy (non-hydrogen) atoms. The van der Waals surface area contributed by atoms with Crippen LogP contribution in [0.4, 0.5) is 0 Å². The van der Waals surface area contributed by atoms with Gasteiger partial charge in [-0.05, 0) is 44.4 Å². The topological polar surface area (TPSA) is 77.7 Å². The van der Waals surface area contributed by atoms with Crippen molar-refractivity contribution < 1.29 is 18.7 Å². The van der Waals surface area contributed by atoms with Gasteiger partial charge in [-0.2, -0.15) is 0 Å². The summed E-state index contributed by atoms with van der Waals surface area (Å²) in [4.78, 5) is 14.3. The summed E-state index contributed by atoms with van der Waals surface area (Å²) < 4.78 is 16.3. The Hall–Kier alpha value is -2.22. The normalized spacial score (nSPS) is 19.2. The molecule has 1 aromatic carbocycles. The third kappa shape index (κ3) is 3.44. The quantitative estimate of drug-likeness (QED) is 0.775. The van der Waals surface area contributed by atoms with Gasteiger partial charge in [0.05, 0.1) is 5.75 Å². The molecule has 132 valence electrons. The van der Waals surface area contributed by atoms with Crippen molar-refractivity contribution in [2.24, 2.45) is 0 Å². The van der Waals surface area contributed by atoms with Crippen LogP contribution in [0.25, 0.3) is 11.5 Å². The molecule has 1 fully saturated rings. The molecule has 0 aliphatic carbocycles. The molecule has 0 unspecified atom stereocenters. The van der Waals surface area contributed by atoms with Crippen LogP contribution in [0.5, 0.6) is 11.5 Å². The number of likely N-dealkylation sites (tertiary alicyclic amines) is 1. The van der Waals surface area contributed by atoms with E-state index in [-0.39, 0.29) is 12.7 Å². The minimum Gasteiger partial charge on any atom is -0.454 e. The van der Waals surface area contributed by atoms with Crippen LogP contribution in [0.1, 0.15) is 26.2 Å². The molecule has 1 atom stereocenters. The fourth-order valence-electron chi connectivity index (χ4n) is 3.09. The van der Waals surface area contributed by atoms with E-state index < -0.39 is 0 Å². The van der Waals surface area contributed by atoms with Gasteiger partial charge in [-0.1, -0.05) is 11.8 Å². The van der Waals surface area contributed by atoms with Gasteiger partial charge in [0.15, 0.2) is 11.5 Å². The second-order valence-corrected chi connectivity index (χ2v) is 7.09. The molecular formula is C17H19N3O4S. The lowest BCUT2D eigenvalue weighted by atomic mass is 10.0. The highest BCUT2D eigenvalue weighted by Gasteiger charge is 2.24. The average molecular weight is 361 g/mol. The molecule has 0 saturated carbocycles. The molecule has 0 spiro atoms. The second kappa shape index (κ2) is 6.95. The van der Waals surface area contributed by atoms with Gasteiger partial charge in [-0.25, -0.2) is 0 Å². The number of carbonyl (C=O) groups excluding carboxylic acids is 1. The number of hydrogen-bond donors (Lipinski definition) is 0. The highest BCUT2D eigenvalue weighted by Crippen LogP contribution is 2.36. The van der Waals surface area contributed by atoms with Crippen molar-refractivity contribution in [2.45, 2.75) is 37.5 Å². The zero-order valence-corrected chi connectivity index (χ0v) is 14.8. The van der Waals surface area contributed by atoms with Crippen LogP contribution >= 0.6 is 11.8 Å². The minimum atomic E-state index is 0.125. The molecule has 0 N–H and O–H groups in total. The van der Waals surface area contributed by atoms with Crippen LogP contribution in [0.3, 0.4) is 0 Å². The van der Waals surface area contributed by atoms with Crippen LogP contribution in [0, 0.1) is 0 Å². The van der Waals surface area contributed by atoms with Gasteiger partial charge in [0.1, 0.15) is 0 Å². The molecule has 1 aromatic heterocycles. The van der Waals surface area contributed by atoms with E-state index in [4.69, 9.17) is 13.9 Å². The fourth-order valence-corrected chi connectivity index (χ4v) is 3.74. The SMILES string of the molecule is C[C@H]1CCCCN1C(=O)CSc1nnc(-c2ccc3c(c2)OCO3)o1.